The van der Waals surface area contributed by atoms with E-state index < -0.39 is 42.0 Å². The van der Waals surface area contributed by atoms with Crippen molar-refractivity contribution < 1.29 is 26.1 Å². The lowest BCUT2D eigenvalue weighted by Crippen LogP contribution is -2.41. The molecule has 0 aliphatic heterocycles. The first-order valence-electron chi connectivity index (χ1n) is 3.57. The molecule has 0 fully saturated rings. The highest BCUT2D eigenvalue weighted by Crippen LogP contribution is 2.21. The molecule has 0 heterocycles. The summed E-state index contributed by atoms with van der Waals surface area (Å²) in [5.74, 6) is -11.1. The summed E-state index contributed by atoms with van der Waals surface area (Å²) in [6.07, 6.45) is 0. The van der Waals surface area contributed by atoms with Crippen LogP contribution in [0.15, 0.2) is 0 Å². The Kier molecular flexibility index (Phi) is 3.06. The average molecular weight is 265 g/mol. The van der Waals surface area contributed by atoms with Crippen LogP contribution in [0, 0.1) is 29.1 Å². The summed E-state index contributed by atoms with van der Waals surface area (Å²) in [6, 6.07) is 0. The number of halogens is 7. The lowest BCUT2D eigenvalue weighted by Gasteiger charge is -2.12. The minimum atomic E-state index is -4.63. The maximum absolute atomic E-state index is 13.1. The molecular formula is C7H3ClF6Si. The van der Waals surface area contributed by atoms with Crippen LogP contribution in [-0.4, -0.2) is 7.72 Å². The van der Waals surface area contributed by atoms with Gasteiger partial charge in [-0.05, 0) is 6.55 Å². The van der Waals surface area contributed by atoms with Crippen LogP contribution >= 0.6 is 11.1 Å². The molecule has 1 aromatic carbocycles. The fourth-order valence-electron chi connectivity index (χ4n) is 0.990. The van der Waals surface area contributed by atoms with Crippen LogP contribution in [0.2, 0.25) is 6.55 Å². The monoisotopic (exact) mass is 264 g/mol. The Morgan fingerprint density at radius 2 is 1.07 bits per heavy atom. The predicted molar refractivity (Wildman–Crippen MR) is 44.4 cm³/mol. The number of rotatable bonds is 1. The summed E-state index contributed by atoms with van der Waals surface area (Å²) in [5.41, 5.74) is 0. The molecule has 0 saturated carbocycles. The van der Waals surface area contributed by atoms with Gasteiger partial charge < -0.3 is 0 Å². The summed E-state index contributed by atoms with van der Waals surface area (Å²) in [5, 5.41) is -1.56. The zero-order valence-electron chi connectivity index (χ0n) is 7.15. The van der Waals surface area contributed by atoms with Crippen LogP contribution in [0.1, 0.15) is 0 Å². The second kappa shape index (κ2) is 3.71. The quantitative estimate of drug-likeness (QED) is 0.241. The number of hydrogen-bond donors (Lipinski definition) is 0. The van der Waals surface area contributed by atoms with Gasteiger partial charge in [0, 0.05) is 0 Å². The first-order valence-corrected chi connectivity index (χ1v) is 6.96. The van der Waals surface area contributed by atoms with Gasteiger partial charge in [-0.1, -0.05) is 0 Å². The third-order valence-electron chi connectivity index (χ3n) is 1.65. The molecule has 0 N–H and O–H groups in total. The fourth-order valence-corrected chi connectivity index (χ4v) is 2.48. The topological polar surface area (TPSA) is 0 Å². The van der Waals surface area contributed by atoms with Crippen molar-refractivity contribution in [3.05, 3.63) is 29.1 Å². The van der Waals surface area contributed by atoms with E-state index in [0.29, 0.717) is 6.55 Å². The third-order valence-corrected chi connectivity index (χ3v) is 3.53. The lowest BCUT2D eigenvalue weighted by molar-refractivity contribution is 0.383. The van der Waals surface area contributed by atoms with Gasteiger partial charge in [0.15, 0.2) is 23.3 Å². The molecule has 0 aromatic heterocycles. The molecule has 1 atom stereocenters. The first-order chi connectivity index (χ1) is 6.68. The molecule has 0 spiro atoms. The molecule has 1 unspecified atom stereocenters. The standard InChI is InChI=1S/C7H3ClF6Si/c1-15(8,14)7-5(12)3(10)2(9)4(11)6(7)13/h1H3. The number of benzene rings is 1. The number of hydrogen-bond acceptors (Lipinski definition) is 0. The highest BCUT2D eigenvalue weighted by molar-refractivity contribution is 7.22. The minimum absolute atomic E-state index is 0.604. The maximum Gasteiger partial charge on any atom is 0.373 e. The first kappa shape index (κ1) is 12.4. The Labute approximate surface area is 86.4 Å². The van der Waals surface area contributed by atoms with Crippen molar-refractivity contribution in [1.29, 1.82) is 0 Å². The molecule has 0 saturated heterocycles. The van der Waals surface area contributed by atoms with Gasteiger partial charge in [0.2, 0.25) is 5.82 Å². The highest BCUT2D eigenvalue weighted by Gasteiger charge is 2.39. The fraction of sp³-hybridized carbons (Fsp3) is 0.143. The largest absolute Gasteiger partial charge is 0.373 e. The SMILES string of the molecule is C[Si](F)(Cl)c1c(F)c(F)c(F)c(F)c1F. The Morgan fingerprint density at radius 3 is 1.33 bits per heavy atom. The van der Waals surface area contributed by atoms with Crippen LogP contribution in [0.3, 0.4) is 0 Å². The van der Waals surface area contributed by atoms with Gasteiger partial charge in [-0.25, -0.2) is 22.0 Å². The summed E-state index contributed by atoms with van der Waals surface area (Å²) in [6.45, 7) is 0.604. The van der Waals surface area contributed by atoms with Crippen LogP contribution in [0.5, 0.6) is 0 Å². The Balaban J connectivity index is 3.68. The molecule has 84 valence electrons. The molecule has 0 nitrogen and oxygen atoms in total. The van der Waals surface area contributed by atoms with Crippen molar-refractivity contribution >= 4 is 24.0 Å². The summed E-state index contributed by atoms with van der Waals surface area (Å²) in [7, 11) is -4.63. The van der Waals surface area contributed by atoms with Gasteiger partial charge in [-0.3, -0.25) is 4.11 Å². The van der Waals surface area contributed by atoms with Gasteiger partial charge >= 0.3 is 7.72 Å². The molecule has 0 radical (unpaired) electrons. The molecule has 0 amide bonds. The highest BCUT2D eigenvalue weighted by atomic mass is 35.6. The minimum Gasteiger partial charge on any atom is -0.287 e. The van der Waals surface area contributed by atoms with Crippen molar-refractivity contribution in [1.82, 2.24) is 0 Å². The Morgan fingerprint density at radius 1 is 0.800 bits per heavy atom. The molecule has 1 rings (SSSR count). The molecular weight excluding hydrogens is 262 g/mol. The van der Waals surface area contributed by atoms with Crippen LogP contribution in [0.4, 0.5) is 26.1 Å². The normalized spacial score (nSPS) is 15.2. The van der Waals surface area contributed by atoms with E-state index in [1.807, 2.05) is 0 Å². The van der Waals surface area contributed by atoms with Gasteiger partial charge in [-0.15, -0.1) is 11.1 Å². The second-order valence-electron chi connectivity index (χ2n) is 2.83. The van der Waals surface area contributed by atoms with E-state index in [-0.39, 0.29) is 0 Å². The van der Waals surface area contributed by atoms with E-state index >= 15 is 0 Å². The van der Waals surface area contributed by atoms with Crippen LogP contribution in [0.25, 0.3) is 0 Å². The van der Waals surface area contributed by atoms with Gasteiger partial charge in [-0.2, -0.15) is 0 Å². The van der Waals surface area contributed by atoms with Gasteiger partial charge in [0.1, 0.15) is 0 Å². The summed E-state index contributed by atoms with van der Waals surface area (Å²) < 4.78 is 76.5. The molecule has 1 aromatic rings. The zero-order valence-corrected chi connectivity index (χ0v) is 8.90. The van der Waals surface area contributed by atoms with Gasteiger partial charge in [0.25, 0.3) is 0 Å². The molecule has 0 aliphatic rings. The van der Waals surface area contributed by atoms with Crippen molar-refractivity contribution in [2.75, 3.05) is 0 Å². The molecule has 15 heavy (non-hydrogen) atoms. The smallest absolute Gasteiger partial charge is 0.287 e. The van der Waals surface area contributed by atoms with Crippen molar-refractivity contribution in [2.45, 2.75) is 6.55 Å². The van der Waals surface area contributed by atoms with Crippen molar-refractivity contribution in [2.24, 2.45) is 0 Å². The molecule has 8 heteroatoms. The van der Waals surface area contributed by atoms with E-state index in [1.165, 1.54) is 0 Å². The Hall–Kier alpha value is -0.693. The second-order valence-corrected chi connectivity index (χ2v) is 7.24. The third kappa shape index (κ3) is 1.98. The van der Waals surface area contributed by atoms with E-state index in [2.05, 4.69) is 0 Å². The maximum atomic E-state index is 13.1. The van der Waals surface area contributed by atoms with E-state index in [9.17, 15) is 26.1 Å². The van der Waals surface area contributed by atoms with E-state index in [0.717, 1.165) is 0 Å². The van der Waals surface area contributed by atoms with E-state index in [1.54, 1.807) is 0 Å². The van der Waals surface area contributed by atoms with Crippen molar-refractivity contribution in [3.63, 3.8) is 0 Å². The summed E-state index contributed by atoms with van der Waals surface area (Å²) >= 11 is 5.00. The van der Waals surface area contributed by atoms with Gasteiger partial charge in [0.05, 0.1) is 5.19 Å². The van der Waals surface area contributed by atoms with Crippen LogP contribution in [-0.2, 0) is 0 Å². The van der Waals surface area contributed by atoms with E-state index in [4.69, 9.17) is 11.1 Å². The van der Waals surface area contributed by atoms with Crippen molar-refractivity contribution in [3.8, 4) is 0 Å². The summed E-state index contributed by atoms with van der Waals surface area (Å²) in [4.78, 5) is 0. The average Bonchev–Trinajstić information content (AvgIpc) is 2.09. The lowest BCUT2D eigenvalue weighted by atomic mass is 10.3. The zero-order chi connectivity index (χ0) is 12.0. The molecule has 0 bridgehead atoms. The predicted octanol–water partition coefficient (Wildman–Crippen LogP) is 2.87. The molecule has 0 aliphatic carbocycles. The van der Waals surface area contributed by atoms with Crippen LogP contribution < -0.4 is 5.19 Å². The Bertz CT molecular complexity index is 384.